The van der Waals surface area contributed by atoms with Gasteiger partial charge in [-0.15, -0.1) is 0 Å². The van der Waals surface area contributed by atoms with Crippen LogP contribution in [0.5, 0.6) is 0 Å². The summed E-state index contributed by atoms with van der Waals surface area (Å²) < 4.78 is 10.4. The number of nitro groups is 1. The van der Waals surface area contributed by atoms with Crippen LogP contribution in [0.1, 0.15) is 28.8 Å². The molecule has 0 amide bonds. The molecule has 0 N–H and O–H groups in total. The zero-order valence-corrected chi connectivity index (χ0v) is 10.6. The maximum Gasteiger partial charge on any atom is 0.345 e. The summed E-state index contributed by atoms with van der Waals surface area (Å²) >= 11 is 0. The maximum atomic E-state index is 11.9. The Kier molecular flexibility index (Phi) is 4.11. The van der Waals surface area contributed by atoms with Crippen LogP contribution in [0.3, 0.4) is 0 Å². The van der Waals surface area contributed by atoms with E-state index in [0.717, 1.165) is 18.4 Å². The molecule has 1 aliphatic rings. The van der Waals surface area contributed by atoms with Gasteiger partial charge in [0, 0.05) is 12.7 Å². The van der Waals surface area contributed by atoms with E-state index in [2.05, 4.69) is 0 Å². The van der Waals surface area contributed by atoms with Crippen LogP contribution in [-0.4, -0.2) is 30.2 Å². The minimum absolute atomic E-state index is 0.0111. The summed E-state index contributed by atoms with van der Waals surface area (Å²) in [5.41, 5.74) is 0.528. The molecule has 0 bridgehead atoms. The Morgan fingerprint density at radius 2 is 2.37 bits per heavy atom. The van der Waals surface area contributed by atoms with E-state index in [-0.39, 0.29) is 24.0 Å². The van der Waals surface area contributed by atoms with Gasteiger partial charge in [-0.2, -0.15) is 0 Å². The van der Waals surface area contributed by atoms with Crippen molar-refractivity contribution in [2.75, 3.05) is 13.2 Å². The molecular weight excluding hydrogens is 250 g/mol. The smallest absolute Gasteiger partial charge is 0.345 e. The van der Waals surface area contributed by atoms with Crippen molar-refractivity contribution in [2.45, 2.75) is 25.9 Å². The molecule has 102 valence electrons. The summed E-state index contributed by atoms with van der Waals surface area (Å²) in [4.78, 5) is 22.2. The predicted molar refractivity (Wildman–Crippen MR) is 67.1 cm³/mol. The molecule has 6 heteroatoms. The number of benzene rings is 1. The highest BCUT2D eigenvalue weighted by Crippen LogP contribution is 2.21. The summed E-state index contributed by atoms with van der Waals surface area (Å²) in [7, 11) is 0. The van der Waals surface area contributed by atoms with Gasteiger partial charge in [-0.25, -0.2) is 4.79 Å². The van der Waals surface area contributed by atoms with E-state index in [0.29, 0.717) is 6.61 Å². The van der Waals surface area contributed by atoms with Gasteiger partial charge in [0.25, 0.3) is 5.69 Å². The van der Waals surface area contributed by atoms with Gasteiger partial charge in [-0.3, -0.25) is 10.1 Å². The summed E-state index contributed by atoms with van der Waals surface area (Å²) in [6.07, 6.45) is 1.71. The lowest BCUT2D eigenvalue weighted by Crippen LogP contribution is -2.18. The first kappa shape index (κ1) is 13.5. The zero-order chi connectivity index (χ0) is 13.8. The third kappa shape index (κ3) is 3.29. The van der Waals surface area contributed by atoms with Crippen molar-refractivity contribution in [1.29, 1.82) is 0 Å². The summed E-state index contributed by atoms with van der Waals surface area (Å²) in [5.74, 6) is -0.675. The molecule has 0 saturated carbocycles. The van der Waals surface area contributed by atoms with Gasteiger partial charge >= 0.3 is 5.97 Å². The van der Waals surface area contributed by atoms with Gasteiger partial charge in [0.05, 0.1) is 11.0 Å². The largest absolute Gasteiger partial charge is 0.459 e. The number of nitrogens with zero attached hydrogens (tertiary/aromatic N) is 1. The van der Waals surface area contributed by atoms with Crippen LogP contribution in [0, 0.1) is 17.0 Å². The standard InChI is InChI=1S/C13H15NO5/c1-9-4-5-12(14(16)17)11(7-9)13(15)19-8-10-3-2-6-18-10/h4-5,7,10H,2-3,6,8H2,1H3. The Morgan fingerprint density at radius 3 is 3.00 bits per heavy atom. The van der Waals surface area contributed by atoms with Crippen LogP contribution in [0.4, 0.5) is 5.69 Å². The van der Waals surface area contributed by atoms with Gasteiger partial charge < -0.3 is 9.47 Å². The minimum Gasteiger partial charge on any atom is -0.459 e. The van der Waals surface area contributed by atoms with Crippen LogP contribution >= 0.6 is 0 Å². The summed E-state index contributed by atoms with van der Waals surface area (Å²) in [5, 5.41) is 10.9. The normalized spacial score (nSPS) is 18.3. The minimum atomic E-state index is -0.675. The monoisotopic (exact) mass is 265 g/mol. The fraction of sp³-hybridized carbons (Fsp3) is 0.462. The topological polar surface area (TPSA) is 78.7 Å². The molecule has 1 unspecified atom stereocenters. The van der Waals surface area contributed by atoms with E-state index in [9.17, 15) is 14.9 Å². The fourth-order valence-corrected chi connectivity index (χ4v) is 1.99. The van der Waals surface area contributed by atoms with Gasteiger partial charge in [-0.1, -0.05) is 6.07 Å². The van der Waals surface area contributed by atoms with Crippen LogP contribution in [0.25, 0.3) is 0 Å². The third-order valence-corrected chi connectivity index (χ3v) is 2.99. The number of esters is 1. The van der Waals surface area contributed by atoms with Crippen molar-refractivity contribution in [2.24, 2.45) is 0 Å². The van der Waals surface area contributed by atoms with Gasteiger partial charge in [0.2, 0.25) is 0 Å². The molecule has 6 nitrogen and oxygen atoms in total. The van der Waals surface area contributed by atoms with Crippen molar-refractivity contribution in [3.63, 3.8) is 0 Å². The van der Waals surface area contributed by atoms with Crippen LogP contribution in [0.15, 0.2) is 18.2 Å². The van der Waals surface area contributed by atoms with Crippen molar-refractivity contribution in [3.05, 3.63) is 39.4 Å². The molecule has 1 fully saturated rings. The molecule has 1 saturated heterocycles. The first-order valence-corrected chi connectivity index (χ1v) is 6.11. The molecule has 1 aromatic carbocycles. The first-order chi connectivity index (χ1) is 9.08. The van der Waals surface area contributed by atoms with Crippen molar-refractivity contribution in [1.82, 2.24) is 0 Å². The summed E-state index contributed by atoms with van der Waals surface area (Å²) in [6, 6.07) is 4.38. The summed E-state index contributed by atoms with van der Waals surface area (Å²) in [6.45, 7) is 2.58. The number of carbonyl (C=O) groups excluding carboxylic acids is 1. The number of nitro benzene ring substituents is 1. The average Bonchev–Trinajstić information content (AvgIpc) is 2.88. The van der Waals surface area contributed by atoms with Crippen LogP contribution in [0.2, 0.25) is 0 Å². The molecule has 0 radical (unpaired) electrons. The van der Waals surface area contributed by atoms with E-state index >= 15 is 0 Å². The predicted octanol–water partition coefficient (Wildman–Crippen LogP) is 2.24. The van der Waals surface area contributed by atoms with Gasteiger partial charge in [0.15, 0.2) is 0 Å². The lowest BCUT2D eigenvalue weighted by Gasteiger charge is -2.10. The Bertz CT molecular complexity index is 494. The van der Waals surface area contributed by atoms with E-state index < -0.39 is 10.9 Å². The SMILES string of the molecule is Cc1ccc([N+](=O)[O-])c(C(=O)OCC2CCCO2)c1. The van der Waals surface area contributed by atoms with Crippen molar-refractivity contribution in [3.8, 4) is 0 Å². The van der Waals surface area contributed by atoms with Gasteiger partial charge in [-0.05, 0) is 31.4 Å². The molecule has 1 aliphatic heterocycles. The number of hydrogen-bond donors (Lipinski definition) is 0. The van der Waals surface area contributed by atoms with E-state index in [4.69, 9.17) is 9.47 Å². The highest BCUT2D eigenvalue weighted by molar-refractivity contribution is 5.94. The van der Waals surface area contributed by atoms with E-state index in [1.54, 1.807) is 13.0 Å². The molecule has 0 aliphatic carbocycles. The van der Waals surface area contributed by atoms with E-state index in [1.807, 2.05) is 0 Å². The fourth-order valence-electron chi connectivity index (χ4n) is 1.99. The Balaban J connectivity index is 2.08. The average molecular weight is 265 g/mol. The molecule has 2 rings (SSSR count). The van der Waals surface area contributed by atoms with E-state index in [1.165, 1.54) is 12.1 Å². The molecule has 0 aromatic heterocycles. The highest BCUT2D eigenvalue weighted by atomic mass is 16.6. The van der Waals surface area contributed by atoms with Crippen molar-refractivity contribution < 1.29 is 19.2 Å². The first-order valence-electron chi connectivity index (χ1n) is 6.11. The molecule has 19 heavy (non-hydrogen) atoms. The molecular formula is C13H15NO5. The Morgan fingerprint density at radius 1 is 1.58 bits per heavy atom. The second kappa shape index (κ2) is 5.79. The number of ether oxygens (including phenoxy) is 2. The zero-order valence-electron chi connectivity index (χ0n) is 10.6. The van der Waals surface area contributed by atoms with Crippen LogP contribution in [-0.2, 0) is 9.47 Å². The number of carbonyl (C=O) groups is 1. The van der Waals surface area contributed by atoms with Crippen molar-refractivity contribution >= 4 is 11.7 Å². The van der Waals surface area contributed by atoms with Crippen LogP contribution < -0.4 is 0 Å². The highest BCUT2D eigenvalue weighted by Gasteiger charge is 2.23. The quantitative estimate of drug-likeness (QED) is 0.474. The van der Waals surface area contributed by atoms with Gasteiger partial charge in [0.1, 0.15) is 12.2 Å². The number of aryl methyl sites for hydroxylation is 1. The molecule has 1 aromatic rings. The second-order valence-electron chi connectivity index (χ2n) is 4.51. The molecule has 1 atom stereocenters. The lowest BCUT2D eigenvalue weighted by atomic mass is 10.1. The molecule has 1 heterocycles. The third-order valence-electron chi connectivity index (χ3n) is 2.99. The Labute approximate surface area is 110 Å². The lowest BCUT2D eigenvalue weighted by molar-refractivity contribution is -0.385. The number of rotatable bonds is 4. The maximum absolute atomic E-state index is 11.9. The number of hydrogen-bond acceptors (Lipinski definition) is 5. The molecule has 0 spiro atoms. The second-order valence-corrected chi connectivity index (χ2v) is 4.51. The Hall–Kier alpha value is -1.95.